The normalized spacial score (nSPS) is 11.2. The highest BCUT2D eigenvalue weighted by Gasteiger charge is 2.27. The highest BCUT2D eigenvalue weighted by molar-refractivity contribution is 6.29. The molecule has 0 atom stereocenters. The molecule has 82 valence electrons. The van der Waals surface area contributed by atoms with Crippen molar-refractivity contribution >= 4 is 23.4 Å². The van der Waals surface area contributed by atoms with Crippen LogP contribution in [-0.4, -0.2) is 21.7 Å². The van der Waals surface area contributed by atoms with E-state index >= 15 is 0 Å². The van der Waals surface area contributed by atoms with Crippen LogP contribution in [0.15, 0.2) is 18.3 Å². The van der Waals surface area contributed by atoms with Gasteiger partial charge in [-0.25, -0.2) is 9.78 Å². The van der Waals surface area contributed by atoms with E-state index in [2.05, 4.69) is 4.98 Å². The van der Waals surface area contributed by atoms with E-state index in [9.17, 15) is 4.79 Å². The molecule has 0 spiro atoms. The first-order valence-corrected chi connectivity index (χ1v) is 4.85. The smallest absolute Gasteiger partial charge is 0.412 e. The predicted octanol–water partition coefficient (Wildman–Crippen LogP) is 3.02. The Kier molecular flexibility index (Phi) is 3.19. The summed E-state index contributed by atoms with van der Waals surface area (Å²) in [6, 6.07) is 3.20. The number of halogens is 1. The second kappa shape index (κ2) is 4.06. The standard InChI is InChI=1S/C10H13ClN2O2/c1-10(2,3)13(9(14)15)7-4-5-8(11)12-6-7/h4-6H,1-3H3,(H,14,15). The van der Waals surface area contributed by atoms with Crippen LogP contribution >= 0.6 is 11.6 Å². The van der Waals surface area contributed by atoms with Crippen LogP contribution in [0.2, 0.25) is 5.15 Å². The van der Waals surface area contributed by atoms with Gasteiger partial charge in [-0.2, -0.15) is 0 Å². The van der Waals surface area contributed by atoms with E-state index in [0.717, 1.165) is 0 Å². The Hall–Kier alpha value is -1.29. The molecule has 1 aromatic heterocycles. The number of pyridine rings is 1. The molecule has 0 aliphatic rings. The molecule has 1 N–H and O–H groups in total. The fourth-order valence-corrected chi connectivity index (χ4v) is 1.40. The van der Waals surface area contributed by atoms with Crippen molar-refractivity contribution in [2.24, 2.45) is 0 Å². The quantitative estimate of drug-likeness (QED) is 0.752. The average Bonchev–Trinajstić information content (AvgIpc) is 2.05. The van der Waals surface area contributed by atoms with Crippen molar-refractivity contribution in [1.82, 2.24) is 4.98 Å². The lowest BCUT2D eigenvalue weighted by molar-refractivity contribution is 0.195. The van der Waals surface area contributed by atoms with Gasteiger partial charge in [0.2, 0.25) is 0 Å². The zero-order valence-electron chi connectivity index (χ0n) is 8.86. The molecule has 0 bridgehead atoms. The highest BCUT2D eigenvalue weighted by atomic mass is 35.5. The van der Waals surface area contributed by atoms with Crippen LogP contribution < -0.4 is 4.90 Å². The topological polar surface area (TPSA) is 53.4 Å². The molecule has 0 aliphatic carbocycles. The predicted molar refractivity (Wildman–Crippen MR) is 59.5 cm³/mol. The largest absolute Gasteiger partial charge is 0.465 e. The van der Waals surface area contributed by atoms with Crippen molar-refractivity contribution in [3.8, 4) is 0 Å². The average molecular weight is 229 g/mol. The monoisotopic (exact) mass is 228 g/mol. The summed E-state index contributed by atoms with van der Waals surface area (Å²) >= 11 is 5.63. The van der Waals surface area contributed by atoms with Crippen LogP contribution in [0, 0.1) is 0 Å². The Morgan fingerprint density at radius 1 is 1.47 bits per heavy atom. The summed E-state index contributed by atoms with van der Waals surface area (Å²) in [5.41, 5.74) is 0.000777. The van der Waals surface area contributed by atoms with Crippen LogP contribution in [0.25, 0.3) is 0 Å². The van der Waals surface area contributed by atoms with Crippen molar-refractivity contribution in [2.75, 3.05) is 4.90 Å². The van der Waals surface area contributed by atoms with Gasteiger partial charge in [-0.3, -0.25) is 4.90 Å². The molecule has 0 saturated carbocycles. The van der Waals surface area contributed by atoms with Crippen LogP contribution in [0.4, 0.5) is 10.5 Å². The fourth-order valence-electron chi connectivity index (χ4n) is 1.28. The van der Waals surface area contributed by atoms with Crippen molar-refractivity contribution in [2.45, 2.75) is 26.3 Å². The molecule has 0 saturated heterocycles. The van der Waals surface area contributed by atoms with Gasteiger partial charge in [-0.05, 0) is 32.9 Å². The first-order valence-electron chi connectivity index (χ1n) is 4.47. The Morgan fingerprint density at radius 3 is 2.40 bits per heavy atom. The summed E-state index contributed by atoms with van der Waals surface area (Å²) in [6.45, 7) is 5.45. The van der Waals surface area contributed by atoms with E-state index < -0.39 is 11.6 Å². The van der Waals surface area contributed by atoms with Gasteiger partial charge in [-0.1, -0.05) is 11.6 Å². The Morgan fingerprint density at radius 2 is 2.07 bits per heavy atom. The van der Waals surface area contributed by atoms with E-state index in [-0.39, 0.29) is 0 Å². The number of hydrogen-bond acceptors (Lipinski definition) is 2. The number of amides is 1. The maximum Gasteiger partial charge on any atom is 0.412 e. The Bertz CT molecular complexity index is 357. The minimum atomic E-state index is -1.01. The van der Waals surface area contributed by atoms with Gasteiger partial charge < -0.3 is 5.11 Å². The SMILES string of the molecule is CC(C)(C)N(C(=O)O)c1ccc(Cl)nc1. The number of hydrogen-bond donors (Lipinski definition) is 1. The van der Waals surface area contributed by atoms with E-state index in [0.29, 0.717) is 10.8 Å². The van der Waals surface area contributed by atoms with Crippen molar-refractivity contribution in [3.63, 3.8) is 0 Å². The minimum absolute atomic E-state index is 0.345. The van der Waals surface area contributed by atoms with Gasteiger partial charge in [-0.15, -0.1) is 0 Å². The maximum absolute atomic E-state index is 11.1. The lowest BCUT2D eigenvalue weighted by Gasteiger charge is -2.32. The number of anilines is 1. The zero-order valence-corrected chi connectivity index (χ0v) is 9.62. The van der Waals surface area contributed by atoms with Gasteiger partial charge in [0.25, 0.3) is 0 Å². The van der Waals surface area contributed by atoms with Gasteiger partial charge in [0.1, 0.15) is 5.15 Å². The summed E-state index contributed by atoms with van der Waals surface area (Å²) < 4.78 is 0. The van der Waals surface area contributed by atoms with Crippen LogP contribution in [0.3, 0.4) is 0 Å². The van der Waals surface area contributed by atoms with Gasteiger partial charge in [0, 0.05) is 5.54 Å². The third kappa shape index (κ3) is 2.83. The van der Waals surface area contributed by atoms with Gasteiger partial charge in [0.05, 0.1) is 11.9 Å². The summed E-state index contributed by atoms with van der Waals surface area (Å²) in [6.07, 6.45) is 0.438. The Labute approximate surface area is 93.5 Å². The molecular weight excluding hydrogens is 216 g/mol. The summed E-state index contributed by atoms with van der Waals surface area (Å²) in [7, 11) is 0. The second-order valence-electron chi connectivity index (χ2n) is 4.13. The molecule has 0 unspecified atom stereocenters. The summed E-state index contributed by atoms with van der Waals surface area (Å²) in [5.74, 6) is 0. The molecule has 1 rings (SSSR count). The molecule has 15 heavy (non-hydrogen) atoms. The lowest BCUT2D eigenvalue weighted by Crippen LogP contribution is -2.45. The first-order chi connectivity index (χ1) is 6.82. The Balaban J connectivity index is 3.11. The number of aromatic nitrogens is 1. The van der Waals surface area contributed by atoms with E-state index in [1.165, 1.54) is 11.1 Å². The van der Waals surface area contributed by atoms with Gasteiger partial charge >= 0.3 is 6.09 Å². The molecule has 1 heterocycles. The molecule has 0 radical (unpaired) electrons. The second-order valence-corrected chi connectivity index (χ2v) is 4.52. The zero-order chi connectivity index (χ0) is 11.6. The molecular formula is C10H13ClN2O2. The number of carbonyl (C=O) groups is 1. The third-order valence-electron chi connectivity index (χ3n) is 1.83. The van der Waals surface area contributed by atoms with Crippen molar-refractivity contribution < 1.29 is 9.90 Å². The van der Waals surface area contributed by atoms with Crippen LogP contribution in [0.5, 0.6) is 0 Å². The van der Waals surface area contributed by atoms with Crippen LogP contribution in [-0.2, 0) is 0 Å². The molecule has 1 aromatic rings. The molecule has 0 aromatic carbocycles. The van der Waals surface area contributed by atoms with Crippen molar-refractivity contribution in [3.05, 3.63) is 23.5 Å². The molecule has 5 heteroatoms. The fraction of sp³-hybridized carbons (Fsp3) is 0.400. The maximum atomic E-state index is 11.1. The summed E-state index contributed by atoms with van der Waals surface area (Å²) in [5, 5.41) is 9.44. The number of rotatable bonds is 1. The number of nitrogens with zero attached hydrogens (tertiary/aromatic N) is 2. The molecule has 4 nitrogen and oxygen atoms in total. The highest BCUT2D eigenvalue weighted by Crippen LogP contribution is 2.23. The lowest BCUT2D eigenvalue weighted by atomic mass is 10.1. The molecule has 0 fully saturated rings. The molecule has 1 amide bonds. The molecule has 0 aliphatic heterocycles. The van der Waals surface area contributed by atoms with E-state index in [4.69, 9.17) is 16.7 Å². The first kappa shape index (κ1) is 11.8. The summed E-state index contributed by atoms with van der Waals surface area (Å²) in [4.78, 5) is 16.2. The van der Waals surface area contributed by atoms with Gasteiger partial charge in [0.15, 0.2) is 0 Å². The van der Waals surface area contributed by atoms with E-state index in [1.54, 1.807) is 12.1 Å². The minimum Gasteiger partial charge on any atom is -0.465 e. The number of carboxylic acid groups (broad SMARTS) is 1. The van der Waals surface area contributed by atoms with Crippen molar-refractivity contribution in [1.29, 1.82) is 0 Å². The van der Waals surface area contributed by atoms with E-state index in [1.807, 2.05) is 20.8 Å². The third-order valence-corrected chi connectivity index (χ3v) is 2.06. The van der Waals surface area contributed by atoms with Crippen LogP contribution in [0.1, 0.15) is 20.8 Å².